The van der Waals surface area contributed by atoms with Crippen LogP contribution in [0.25, 0.3) is 0 Å². The predicted octanol–water partition coefficient (Wildman–Crippen LogP) is 4.46. The predicted molar refractivity (Wildman–Crippen MR) is 115 cm³/mol. The summed E-state index contributed by atoms with van der Waals surface area (Å²) in [5.41, 5.74) is 1.47. The van der Waals surface area contributed by atoms with Gasteiger partial charge in [-0.2, -0.15) is 0 Å². The van der Waals surface area contributed by atoms with E-state index in [4.69, 9.17) is 44.9 Å². The summed E-state index contributed by atoms with van der Waals surface area (Å²) in [6.07, 6.45) is 1.57. The Kier molecular flexibility index (Phi) is 6.56. The molecule has 0 aliphatic heterocycles. The molecule has 2 N–H and O–H groups in total. The molecule has 0 radical (unpaired) electrons. The molecule has 1 aromatic heterocycles. The fourth-order valence-corrected chi connectivity index (χ4v) is 3.14. The molecule has 0 saturated heterocycles. The van der Waals surface area contributed by atoms with Crippen LogP contribution in [0.5, 0.6) is 11.5 Å². The van der Waals surface area contributed by atoms with E-state index in [9.17, 15) is 0 Å². The first-order valence-corrected chi connectivity index (χ1v) is 9.28. The van der Waals surface area contributed by atoms with Gasteiger partial charge in [0.1, 0.15) is 17.8 Å². The summed E-state index contributed by atoms with van der Waals surface area (Å²) in [6.45, 7) is 0.389. The van der Waals surface area contributed by atoms with Crippen LogP contribution in [-0.2, 0) is 6.54 Å². The Morgan fingerprint density at radius 3 is 2.32 bits per heavy atom. The maximum Gasteiger partial charge on any atom is 0.248 e. The fourth-order valence-electron chi connectivity index (χ4n) is 2.42. The van der Waals surface area contributed by atoms with Crippen LogP contribution in [0.15, 0.2) is 42.7 Å². The number of anilines is 2. The van der Waals surface area contributed by atoms with E-state index in [1.54, 1.807) is 61.6 Å². The van der Waals surface area contributed by atoms with E-state index in [0.717, 1.165) is 5.56 Å². The minimum atomic E-state index is 0.323. The van der Waals surface area contributed by atoms with Gasteiger partial charge in [0.15, 0.2) is 5.11 Å². The maximum absolute atomic E-state index is 6.20. The van der Waals surface area contributed by atoms with Crippen LogP contribution >= 0.6 is 35.4 Å². The number of rotatable bonds is 6. The largest absolute Gasteiger partial charge is 0.497 e. The zero-order valence-electron chi connectivity index (χ0n) is 15.1. The van der Waals surface area contributed by atoms with Gasteiger partial charge in [0.25, 0.3) is 0 Å². The topological polar surface area (TPSA) is 73.2 Å². The number of aromatic nitrogens is 3. The van der Waals surface area contributed by atoms with Gasteiger partial charge in [0.2, 0.25) is 5.95 Å². The first-order valence-electron chi connectivity index (χ1n) is 8.12. The third-order valence-corrected chi connectivity index (χ3v) is 4.67. The average molecular weight is 438 g/mol. The van der Waals surface area contributed by atoms with Crippen molar-refractivity contribution in [1.29, 1.82) is 0 Å². The molecule has 3 aromatic rings. The Hall–Kier alpha value is -2.55. The van der Waals surface area contributed by atoms with E-state index < -0.39 is 0 Å². The average Bonchev–Trinajstić information content (AvgIpc) is 3.11. The second-order valence-electron chi connectivity index (χ2n) is 5.65. The number of methoxy groups -OCH3 is 2. The van der Waals surface area contributed by atoms with Crippen LogP contribution in [0.2, 0.25) is 10.0 Å². The zero-order chi connectivity index (χ0) is 20.1. The van der Waals surface area contributed by atoms with Gasteiger partial charge in [0, 0.05) is 39.5 Å². The Morgan fingerprint density at radius 1 is 1.07 bits per heavy atom. The van der Waals surface area contributed by atoms with Gasteiger partial charge in [-0.1, -0.05) is 29.3 Å². The van der Waals surface area contributed by atoms with Gasteiger partial charge < -0.3 is 14.8 Å². The minimum Gasteiger partial charge on any atom is -0.497 e. The summed E-state index contributed by atoms with van der Waals surface area (Å²) >= 11 is 17.7. The van der Waals surface area contributed by atoms with Crippen LogP contribution in [0.4, 0.5) is 11.6 Å². The lowest BCUT2D eigenvalue weighted by Crippen LogP contribution is -2.20. The van der Waals surface area contributed by atoms with Crippen molar-refractivity contribution in [3.8, 4) is 11.5 Å². The molecule has 0 fully saturated rings. The summed E-state index contributed by atoms with van der Waals surface area (Å²) in [7, 11) is 3.16. The van der Waals surface area contributed by atoms with Crippen molar-refractivity contribution in [3.63, 3.8) is 0 Å². The fraction of sp³-hybridized carbons (Fsp3) is 0.167. The Labute approximate surface area is 177 Å². The number of thiocarbonyl (C=S) groups is 1. The van der Waals surface area contributed by atoms with Crippen LogP contribution in [0.3, 0.4) is 0 Å². The second-order valence-corrected chi connectivity index (χ2v) is 6.87. The van der Waals surface area contributed by atoms with E-state index in [-0.39, 0.29) is 0 Å². The number of nitrogens with zero attached hydrogens (tertiary/aromatic N) is 3. The standard InChI is InChI=1S/C18H17Cl2N5O2S/c1-26-12-6-11(7-13(8-12)27-2)22-18(28)23-17-21-10-25(24-17)9-14-15(19)4-3-5-16(14)20/h3-8,10H,9H2,1-2H3,(H2,22,23,24,28). The Morgan fingerprint density at radius 2 is 1.71 bits per heavy atom. The monoisotopic (exact) mass is 437 g/mol. The van der Waals surface area contributed by atoms with Crippen LogP contribution in [-0.4, -0.2) is 34.1 Å². The van der Waals surface area contributed by atoms with E-state index in [1.807, 2.05) is 0 Å². The number of halogens is 2. The highest BCUT2D eigenvalue weighted by Gasteiger charge is 2.10. The third kappa shape index (κ3) is 5.03. The van der Waals surface area contributed by atoms with Crippen LogP contribution < -0.4 is 20.1 Å². The molecule has 0 aliphatic rings. The van der Waals surface area contributed by atoms with Crippen molar-refractivity contribution in [2.75, 3.05) is 24.9 Å². The summed E-state index contributed by atoms with van der Waals surface area (Å²) < 4.78 is 12.1. The van der Waals surface area contributed by atoms with Crippen molar-refractivity contribution < 1.29 is 9.47 Å². The Bertz CT molecular complexity index is 953. The molecular formula is C18H17Cl2N5O2S. The summed E-state index contributed by atoms with van der Waals surface area (Å²) in [5, 5.41) is 11.8. The van der Waals surface area contributed by atoms with Crippen molar-refractivity contribution in [2.45, 2.75) is 6.54 Å². The number of ether oxygens (including phenoxy) is 2. The molecule has 28 heavy (non-hydrogen) atoms. The van der Waals surface area contributed by atoms with Crippen molar-refractivity contribution in [2.24, 2.45) is 0 Å². The molecule has 0 unspecified atom stereocenters. The molecule has 3 rings (SSSR count). The van der Waals surface area contributed by atoms with Gasteiger partial charge in [0.05, 0.1) is 20.8 Å². The van der Waals surface area contributed by atoms with Gasteiger partial charge in [-0.25, -0.2) is 9.67 Å². The quantitative estimate of drug-likeness (QED) is 0.551. The Balaban J connectivity index is 1.66. The van der Waals surface area contributed by atoms with Gasteiger partial charge in [-0.05, 0) is 24.4 Å². The van der Waals surface area contributed by atoms with E-state index in [2.05, 4.69) is 20.7 Å². The summed E-state index contributed by atoms with van der Waals surface area (Å²) in [4.78, 5) is 4.20. The van der Waals surface area contributed by atoms with Gasteiger partial charge in [-0.3, -0.25) is 5.32 Å². The first kappa shape index (κ1) is 20.2. The summed E-state index contributed by atoms with van der Waals surface area (Å²) in [5.74, 6) is 1.63. The highest BCUT2D eigenvalue weighted by atomic mass is 35.5. The molecule has 0 spiro atoms. The SMILES string of the molecule is COc1cc(NC(=S)Nc2ncn(Cc3c(Cl)cccc3Cl)n2)cc(OC)c1. The van der Waals surface area contributed by atoms with Crippen molar-refractivity contribution >= 4 is 52.2 Å². The highest BCUT2D eigenvalue weighted by Crippen LogP contribution is 2.26. The lowest BCUT2D eigenvalue weighted by atomic mass is 10.2. The molecule has 0 saturated carbocycles. The minimum absolute atomic E-state index is 0.323. The number of benzene rings is 2. The zero-order valence-corrected chi connectivity index (χ0v) is 17.4. The number of hydrogen-bond donors (Lipinski definition) is 2. The molecule has 10 heteroatoms. The lowest BCUT2D eigenvalue weighted by molar-refractivity contribution is 0.395. The highest BCUT2D eigenvalue weighted by molar-refractivity contribution is 7.80. The van der Waals surface area contributed by atoms with E-state index in [1.165, 1.54) is 0 Å². The number of nitrogens with one attached hydrogen (secondary N) is 2. The normalized spacial score (nSPS) is 10.4. The molecule has 1 heterocycles. The summed E-state index contributed by atoms with van der Waals surface area (Å²) in [6, 6.07) is 10.7. The van der Waals surface area contributed by atoms with E-state index in [0.29, 0.717) is 44.8 Å². The molecule has 2 aromatic carbocycles. The van der Waals surface area contributed by atoms with Crippen LogP contribution in [0.1, 0.15) is 5.56 Å². The third-order valence-electron chi connectivity index (χ3n) is 3.75. The van der Waals surface area contributed by atoms with Crippen LogP contribution in [0, 0.1) is 0 Å². The molecule has 0 bridgehead atoms. The molecule has 146 valence electrons. The van der Waals surface area contributed by atoms with E-state index >= 15 is 0 Å². The molecule has 7 nitrogen and oxygen atoms in total. The van der Waals surface area contributed by atoms with Gasteiger partial charge in [-0.15, -0.1) is 5.10 Å². The molecule has 0 atom stereocenters. The van der Waals surface area contributed by atoms with Crippen molar-refractivity contribution in [3.05, 3.63) is 58.3 Å². The maximum atomic E-state index is 6.20. The first-order chi connectivity index (χ1) is 13.5. The van der Waals surface area contributed by atoms with Gasteiger partial charge >= 0.3 is 0 Å². The smallest absolute Gasteiger partial charge is 0.248 e. The lowest BCUT2D eigenvalue weighted by Gasteiger charge is -2.11. The second kappa shape index (κ2) is 9.09. The van der Waals surface area contributed by atoms with Crippen molar-refractivity contribution in [1.82, 2.24) is 14.8 Å². The number of hydrogen-bond acceptors (Lipinski definition) is 5. The molecule has 0 amide bonds. The molecule has 0 aliphatic carbocycles. The molecular weight excluding hydrogens is 421 g/mol.